The number of hydrazone groups is 1. The van der Waals surface area contributed by atoms with Crippen LogP contribution in [0.5, 0.6) is 5.75 Å². The van der Waals surface area contributed by atoms with Crippen LogP contribution in [0.1, 0.15) is 21.6 Å². The van der Waals surface area contributed by atoms with E-state index in [0.29, 0.717) is 17.0 Å². The zero-order valence-electron chi connectivity index (χ0n) is 15.2. The fourth-order valence-corrected chi connectivity index (χ4v) is 2.95. The molecule has 0 aliphatic heterocycles. The molecule has 0 saturated carbocycles. The normalized spacial score (nSPS) is 11.2. The van der Waals surface area contributed by atoms with E-state index in [1.165, 1.54) is 6.21 Å². The molecule has 0 unspecified atom stereocenters. The number of phenolic OH excluding ortho intramolecular Hbond substituents is 1. The van der Waals surface area contributed by atoms with Crippen molar-refractivity contribution in [3.8, 4) is 17.0 Å². The van der Waals surface area contributed by atoms with Crippen LogP contribution in [0.25, 0.3) is 22.0 Å². The summed E-state index contributed by atoms with van der Waals surface area (Å²) in [5.41, 5.74) is 6.07. The van der Waals surface area contributed by atoms with Gasteiger partial charge in [-0.25, -0.2) is 5.43 Å². The molecule has 0 saturated heterocycles. The van der Waals surface area contributed by atoms with Gasteiger partial charge in [-0.2, -0.15) is 10.2 Å². The number of aromatic hydroxyl groups is 1. The molecule has 6 heteroatoms. The standard InChI is InChI=1S/C22H18N4O2/c1-14-6-8-16(9-7-14)19-12-20(25-24-19)22(28)26-23-13-18-17-5-3-2-4-15(17)10-11-21(18)27/h2-13,27H,1H3,(H,24,25)(H,26,28). The third-order valence-corrected chi connectivity index (χ3v) is 4.48. The van der Waals surface area contributed by atoms with E-state index in [1.54, 1.807) is 12.1 Å². The number of nitrogens with one attached hydrogen (secondary N) is 2. The first-order valence-electron chi connectivity index (χ1n) is 8.78. The molecule has 1 amide bonds. The highest BCUT2D eigenvalue weighted by Crippen LogP contribution is 2.25. The Kier molecular flexibility index (Phi) is 4.60. The van der Waals surface area contributed by atoms with Gasteiger partial charge < -0.3 is 5.11 Å². The lowest BCUT2D eigenvalue weighted by molar-refractivity contribution is 0.0950. The minimum atomic E-state index is -0.415. The Bertz CT molecular complexity index is 1180. The molecule has 1 aromatic heterocycles. The van der Waals surface area contributed by atoms with E-state index in [2.05, 4.69) is 20.7 Å². The number of amides is 1. The van der Waals surface area contributed by atoms with Gasteiger partial charge in [-0.1, -0.05) is 60.2 Å². The number of nitrogens with zero attached hydrogens (tertiary/aromatic N) is 2. The van der Waals surface area contributed by atoms with Gasteiger partial charge in [0.15, 0.2) is 0 Å². The Hall–Kier alpha value is -3.93. The number of aryl methyl sites for hydroxylation is 1. The molecule has 28 heavy (non-hydrogen) atoms. The maximum atomic E-state index is 12.3. The first-order chi connectivity index (χ1) is 13.6. The van der Waals surface area contributed by atoms with Gasteiger partial charge in [0.05, 0.1) is 11.9 Å². The molecule has 4 rings (SSSR count). The molecule has 3 N–H and O–H groups in total. The van der Waals surface area contributed by atoms with E-state index < -0.39 is 5.91 Å². The first-order valence-corrected chi connectivity index (χ1v) is 8.78. The molecule has 3 aromatic carbocycles. The predicted octanol–water partition coefficient (Wildman–Crippen LogP) is 4.01. The summed E-state index contributed by atoms with van der Waals surface area (Å²) in [5.74, 6) is -0.318. The smallest absolute Gasteiger partial charge is 0.289 e. The van der Waals surface area contributed by atoms with E-state index >= 15 is 0 Å². The van der Waals surface area contributed by atoms with Crippen LogP contribution in [0.3, 0.4) is 0 Å². The molecule has 4 aromatic rings. The Morgan fingerprint density at radius 3 is 2.71 bits per heavy atom. The highest BCUT2D eigenvalue weighted by molar-refractivity contribution is 6.03. The molecule has 0 fully saturated rings. The van der Waals surface area contributed by atoms with Crippen molar-refractivity contribution < 1.29 is 9.90 Å². The summed E-state index contributed by atoms with van der Waals surface area (Å²) in [4.78, 5) is 12.3. The maximum Gasteiger partial charge on any atom is 0.289 e. The molecule has 0 bridgehead atoms. The minimum absolute atomic E-state index is 0.0971. The number of hydrogen-bond acceptors (Lipinski definition) is 4. The lowest BCUT2D eigenvalue weighted by Crippen LogP contribution is -2.18. The van der Waals surface area contributed by atoms with Gasteiger partial charge in [0.1, 0.15) is 11.4 Å². The van der Waals surface area contributed by atoms with Gasteiger partial charge in [-0.15, -0.1) is 0 Å². The number of carbonyl (C=O) groups is 1. The monoisotopic (exact) mass is 370 g/mol. The second kappa shape index (κ2) is 7.36. The van der Waals surface area contributed by atoms with Gasteiger partial charge in [-0.05, 0) is 29.8 Å². The topological polar surface area (TPSA) is 90.4 Å². The zero-order valence-corrected chi connectivity index (χ0v) is 15.2. The van der Waals surface area contributed by atoms with Crippen LogP contribution in [-0.4, -0.2) is 27.4 Å². The highest BCUT2D eigenvalue weighted by Gasteiger charge is 2.11. The third-order valence-electron chi connectivity index (χ3n) is 4.48. The number of aromatic nitrogens is 2. The van der Waals surface area contributed by atoms with Crippen molar-refractivity contribution in [2.75, 3.05) is 0 Å². The van der Waals surface area contributed by atoms with E-state index in [4.69, 9.17) is 0 Å². The van der Waals surface area contributed by atoms with E-state index in [0.717, 1.165) is 21.9 Å². The number of benzene rings is 3. The van der Waals surface area contributed by atoms with Crippen LogP contribution < -0.4 is 5.43 Å². The lowest BCUT2D eigenvalue weighted by atomic mass is 10.0. The van der Waals surface area contributed by atoms with Crippen molar-refractivity contribution >= 4 is 22.9 Å². The molecule has 0 aliphatic carbocycles. The molecule has 0 radical (unpaired) electrons. The van der Waals surface area contributed by atoms with Gasteiger partial charge in [0, 0.05) is 11.1 Å². The number of H-pyrrole nitrogens is 1. The second-order valence-corrected chi connectivity index (χ2v) is 6.45. The molecule has 1 heterocycles. The van der Waals surface area contributed by atoms with E-state index in [-0.39, 0.29) is 5.75 Å². The summed E-state index contributed by atoms with van der Waals surface area (Å²) in [7, 11) is 0. The Morgan fingerprint density at radius 1 is 1.11 bits per heavy atom. The fourth-order valence-electron chi connectivity index (χ4n) is 2.95. The second-order valence-electron chi connectivity index (χ2n) is 6.45. The molecule has 0 atom stereocenters. The number of hydrogen-bond donors (Lipinski definition) is 3. The molecule has 0 spiro atoms. The maximum absolute atomic E-state index is 12.3. The van der Waals surface area contributed by atoms with Crippen LogP contribution in [-0.2, 0) is 0 Å². The lowest BCUT2D eigenvalue weighted by Gasteiger charge is -2.04. The van der Waals surface area contributed by atoms with Crippen molar-refractivity contribution in [3.05, 3.63) is 83.6 Å². The van der Waals surface area contributed by atoms with E-state index in [9.17, 15) is 9.90 Å². The predicted molar refractivity (Wildman–Crippen MR) is 109 cm³/mol. The summed E-state index contributed by atoms with van der Waals surface area (Å²) in [5, 5.41) is 22.8. The Morgan fingerprint density at radius 2 is 1.89 bits per heavy atom. The average molecular weight is 370 g/mol. The molecule has 138 valence electrons. The van der Waals surface area contributed by atoms with Crippen LogP contribution in [0.4, 0.5) is 0 Å². The highest BCUT2D eigenvalue weighted by atomic mass is 16.3. The fraction of sp³-hybridized carbons (Fsp3) is 0.0455. The summed E-state index contributed by atoms with van der Waals surface area (Å²) in [6, 6.07) is 20.6. The Balaban J connectivity index is 1.51. The van der Waals surface area contributed by atoms with Crippen molar-refractivity contribution in [1.29, 1.82) is 0 Å². The number of carbonyl (C=O) groups excluding carboxylic acids is 1. The Labute approximate surface area is 161 Å². The molecule has 6 nitrogen and oxygen atoms in total. The first kappa shape index (κ1) is 17.5. The van der Waals surface area contributed by atoms with Crippen LogP contribution >= 0.6 is 0 Å². The van der Waals surface area contributed by atoms with Crippen molar-refractivity contribution in [1.82, 2.24) is 15.6 Å². The summed E-state index contributed by atoms with van der Waals surface area (Å²) >= 11 is 0. The summed E-state index contributed by atoms with van der Waals surface area (Å²) in [6.45, 7) is 2.01. The van der Waals surface area contributed by atoms with Crippen LogP contribution in [0, 0.1) is 6.92 Å². The summed E-state index contributed by atoms with van der Waals surface area (Å²) in [6.07, 6.45) is 1.44. The number of phenols is 1. The van der Waals surface area contributed by atoms with Crippen LogP contribution in [0.2, 0.25) is 0 Å². The van der Waals surface area contributed by atoms with Gasteiger partial charge in [-0.3, -0.25) is 9.89 Å². The SMILES string of the molecule is Cc1ccc(-c2cc(C(=O)NN=Cc3c(O)ccc4ccccc34)[nH]n2)cc1. The van der Waals surface area contributed by atoms with Gasteiger partial charge in [0.25, 0.3) is 5.91 Å². The number of rotatable bonds is 4. The molecular weight excluding hydrogens is 352 g/mol. The van der Waals surface area contributed by atoms with E-state index in [1.807, 2.05) is 61.5 Å². The summed E-state index contributed by atoms with van der Waals surface area (Å²) < 4.78 is 0. The molecule has 0 aliphatic rings. The quantitative estimate of drug-likeness (QED) is 0.374. The molecular formula is C22H18N4O2. The zero-order chi connectivity index (χ0) is 19.5. The van der Waals surface area contributed by atoms with Crippen molar-refractivity contribution in [3.63, 3.8) is 0 Å². The van der Waals surface area contributed by atoms with Gasteiger partial charge in [0.2, 0.25) is 0 Å². The van der Waals surface area contributed by atoms with Gasteiger partial charge >= 0.3 is 0 Å². The minimum Gasteiger partial charge on any atom is -0.507 e. The number of aromatic amines is 1. The largest absolute Gasteiger partial charge is 0.507 e. The average Bonchev–Trinajstić information content (AvgIpc) is 3.20. The third kappa shape index (κ3) is 3.48. The van der Waals surface area contributed by atoms with Crippen molar-refractivity contribution in [2.24, 2.45) is 5.10 Å². The van der Waals surface area contributed by atoms with Crippen molar-refractivity contribution in [2.45, 2.75) is 6.92 Å². The number of fused-ring (bicyclic) bond motifs is 1. The van der Waals surface area contributed by atoms with Crippen LogP contribution in [0.15, 0.2) is 71.8 Å².